The van der Waals surface area contributed by atoms with Crippen LogP contribution in [-0.4, -0.2) is 75.5 Å². The number of rotatable bonds is 20. The van der Waals surface area contributed by atoms with Crippen LogP contribution in [-0.2, 0) is 47.8 Å². The van der Waals surface area contributed by atoms with E-state index in [9.17, 15) is 9.59 Å². The number of hydrogen-bond acceptors (Lipinski definition) is 8. The second-order valence-electron chi connectivity index (χ2n) is 12.6. The SMILES string of the molecule is C=C(C=O)CO.C=C(CO)C(=O)OCC(CCCCC1OCC(CCC2CCc3cc(CCCCC)ccc3C2)CO1)COC. The molecule has 1 aromatic rings. The molecule has 0 aromatic heterocycles. The molecule has 0 radical (unpaired) electrons. The van der Waals surface area contributed by atoms with E-state index < -0.39 is 5.97 Å². The van der Waals surface area contributed by atoms with Gasteiger partial charge in [-0.2, -0.15) is 0 Å². The molecule has 0 amide bonds. The molecular weight excluding hydrogens is 572 g/mol. The van der Waals surface area contributed by atoms with E-state index in [1.54, 1.807) is 18.2 Å². The van der Waals surface area contributed by atoms with Gasteiger partial charge in [-0.15, -0.1) is 0 Å². The summed E-state index contributed by atoms with van der Waals surface area (Å²) in [6.07, 6.45) is 15.5. The predicted molar refractivity (Wildman–Crippen MR) is 177 cm³/mol. The second kappa shape index (κ2) is 23.0. The molecule has 0 bridgehead atoms. The van der Waals surface area contributed by atoms with Gasteiger partial charge in [-0.1, -0.05) is 57.5 Å². The Morgan fingerprint density at radius 1 is 1.00 bits per heavy atom. The third kappa shape index (κ3) is 15.7. The Morgan fingerprint density at radius 3 is 2.40 bits per heavy atom. The van der Waals surface area contributed by atoms with Crippen LogP contribution in [0.4, 0.5) is 0 Å². The zero-order valence-corrected chi connectivity index (χ0v) is 27.8. The van der Waals surface area contributed by atoms with Gasteiger partial charge in [-0.05, 0) is 86.8 Å². The minimum absolute atomic E-state index is 0.0757. The number of hydrogen-bond donors (Lipinski definition) is 2. The van der Waals surface area contributed by atoms with Crippen LogP contribution in [0.5, 0.6) is 0 Å². The molecule has 0 saturated carbocycles. The first kappa shape index (κ1) is 38.8. The number of aliphatic hydroxyl groups is 2. The van der Waals surface area contributed by atoms with Crippen LogP contribution in [0.1, 0.15) is 87.8 Å². The molecule has 1 fully saturated rings. The maximum Gasteiger partial charge on any atom is 0.335 e. The molecule has 45 heavy (non-hydrogen) atoms. The minimum Gasteiger partial charge on any atom is -0.462 e. The quantitative estimate of drug-likeness (QED) is 0.0788. The van der Waals surface area contributed by atoms with Crippen molar-refractivity contribution >= 4 is 12.3 Å². The van der Waals surface area contributed by atoms with Crippen molar-refractivity contribution in [1.29, 1.82) is 0 Å². The molecule has 3 rings (SSSR count). The molecule has 1 saturated heterocycles. The summed E-state index contributed by atoms with van der Waals surface area (Å²) in [5, 5.41) is 17.0. The van der Waals surface area contributed by atoms with Gasteiger partial charge in [0.05, 0.1) is 45.2 Å². The smallest absolute Gasteiger partial charge is 0.335 e. The zero-order valence-electron chi connectivity index (χ0n) is 27.8. The van der Waals surface area contributed by atoms with E-state index in [2.05, 4.69) is 38.3 Å². The van der Waals surface area contributed by atoms with E-state index in [0.717, 1.165) is 44.8 Å². The number of aryl methyl sites for hydroxylation is 2. The molecule has 2 atom stereocenters. The highest BCUT2D eigenvalue weighted by Crippen LogP contribution is 2.31. The molecule has 254 valence electrons. The fourth-order valence-electron chi connectivity index (χ4n) is 5.84. The van der Waals surface area contributed by atoms with Gasteiger partial charge in [0.1, 0.15) is 6.29 Å². The number of esters is 1. The lowest BCUT2D eigenvalue weighted by molar-refractivity contribution is -0.204. The molecule has 8 heteroatoms. The lowest BCUT2D eigenvalue weighted by Gasteiger charge is -2.31. The monoisotopic (exact) mass is 630 g/mol. The van der Waals surface area contributed by atoms with Gasteiger partial charge >= 0.3 is 5.97 Å². The second-order valence-corrected chi connectivity index (χ2v) is 12.6. The van der Waals surface area contributed by atoms with Gasteiger partial charge in [-0.25, -0.2) is 4.79 Å². The van der Waals surface area contributed by atoms with Gasteiger partial charge in [0.2, 0.25) is 0 Å². The summed E-state index contributed by atoms with van der Waals surface area (Å²) < 4.78 is 22.6. The third-order valence-corrected chi connectivity index (χ3v) is 8.69. The Balaban J connectivity index is 0.00000107. The molecule has 2 N–H and O–H groups in total. The van der Waals surface area contributed by atoms with Crippen LogP contribution >= 0.6 is 0 Å². The fraction of sp³-hybridized carbons (Fsp3) is 0.676. The highest BCUT2D eigenvalue weighted by molar-refractivity contribution is 5.87. The summed E-state index contributed by atoms with van der Waals surface area (Å²) in [4.78, 5) is 21.2. The zero-order chi connectivity index (χ0) is 32.9. The van der Waals surface area contributed by atoms with Crippen molar-refractivity contribution in [3.8, 4) is 0 Å². The summed E-state index contributed by atoms with van der Waals surface area (Å²) in [6, 6.07) is 7.24. The van der Waals surface area contributed by atoms with Crippen molar-refractivity contribution in [3.05, 3.63) is 59.2 Å². The average Bonchev–Trinajstić information content (AvgIpc) is 3.07. The van der Waals surface area contributed by atoms with Crippen molar-refractivity contribution in [2.75, 3.05) is 46.8 Å². The lowest BCUT2D eigenvalue weighted by atomic mass is 9.80. The number of methoxy groups -OCH3 is 1. The summed E-state index contributed by atoms with van der Waals surface area (Å²) in [5.41, 5.74) is 4.98. The highest BCUT2D eigenvalue weighted by Gasteiger charge is 2.25. The van der Waals surface area contributed by atoms with Gasteiger partial charge in [0, 0.05) is 24.5 Å². The average molecular weight is 631 g/mol. The number of fused-ring (bicyclic) bond motifs is 1. The van der Waals surface area contributed by atoms with E-state index in [-0.39, 0.29) is 43.2 Å². The summed E-state index contributed by atoms with van der Waals surface area (Å²) in [6.45, 7) is 10.7. The van der Waals surface area contributed by atoms with Crippen molar-refractivity contribution in [3.63, 3.8) is 0 Å². The first-order chi connectivity index (χ1) is 21.8. The number of carbonyl (C=O) groups is 2. The summed E-state index contributed by atoms with van der Waals surface area (Å²) in [7, 11) is 1.65. The van der Waals surface area contributed by atoms with Crippen LogP contribution < -0.4 is 0 Å². The van der Waals surface area contributed by atoms with Crippen molar-refractivity contribution in [2.45, 2.75) is 96.7 Å². The fourth-order valence-corrected chi connectivity index (χ4v) is 5.84. The van der Waals surface area contributed by atoms with E-state index in [4.69, 9.17) is 29.2 Å². The number of aliphatic hydroxyl groups excluding tert-OH is 2. The number of benzene rings is 1. The summed E-state index contributed by atoms with van der Waals surface area (Å²) in [5.74, 6) is 0.861. The van der Waals surface area contributed by atoms with Gasteiger partial charge < -0.3 is 29.2 Å². The summed E-state index contributed by atoms with van der Waals surface area (Å²) >= 11 is 0. The Bertz CT molecular complexity index is 1010. The topological polar surface area (TPSA) is 112 Å². The molecule has 1 aliphatic carbocycles. The van der Waals surface area contributed by atoms with Crippen LogP contribution in [0.15, 0.2) is 42.5 Å². The molecule has 8 nitrogen and oxygen atoms in total. The Hall–Kier alpha value is -2.36. The highest BCUT2D eigenvalue weighted by atomic mass is 16.7. The van der Waals surface area contributed by atoms with E-state index in [1.807, 2.05) is 0 Å². The normalized spacial score (nSPS) is 19.9. The number of unbranched alkanes of at least 4 members (excludes halogenated alkanes) is 3. The maximum absolute atomic E-state index is 11.7. The van der Waals surface area contributed by atoms with E-state index in [1.165, 1.54) is 63.4 Å². The Labute approximate surface area is 271 Å². The molecule has 1 aliphatic heterocycles. The van der Waals surface area contributed by atoms with Crippen LogP contribution in [0.2, 0.25) is 0 Å². The minimum atomic E-state index is -0.544. The van der Waals surface area contributed by atoms with Gasteiger partial charge in [0.15, 0.2) is 6.29 Å². The number of aldehydes is 1. The van der Waals surface area contributed by atoms with Gasteiger partial charge in [0.25, 0.3) is 0 Å². The molecule has 2 unspecified atom stereocenters. The standard InChI is InChI=1S/C33H52O6.C4H6O2/c1-4-5-6-9-26-14-16-31-19-27(15-17-30(31)18-26)12-13-29-22-37-32(38-23-29)11-8-7-10-28(21-36-3)24-39-33(35)25(2)20-34;1-4(2-5)3-6/h14,16,18,27-29,32,34H,2,4-13,15,17,19-24H2,1,3H3;2,6H,1,3H2. The van der Waals surface area contributed by atoms with Crippen molar-refractivity contribution < 1.29 is 38.7 Å². The Kier molecular flexibility index (Phi) is 19.9. The number of ether oxygens (including phenoxy) is 4. The van der Waals surface area contributed by atoms with Crippen LogP contribution in [0.25, 0.3) is 0 Å². The molecular formula is C37H58O8. The maximum atomic E-state index is 11.7. The predicted octanol–water partition coefficient (Wildman–Crippen LogP) is 5.94. The molecule has 0 spiro atoms. The first-order valence-corrected chi connectivity index (χ1v) is 16.9. The van der Waals surface area contributed by atoms with Crippen molar-refractivity contribution in [1.82, 2.24) is 0 Å². The van der Waals surface area contributed by atoms with Crippen molar-refractivity contribution in [2.24, 2.45) is 17.8 Å². The van der Waals surface area contributed by atoms with Crippen LogP contribution in [0, 0.1) is 17.8 Å². The lowest BCUT2D eigenvalue weighted by Crippen LogP contribution is -2.32. The van der Waals surface area contributed by atoms with Gasteiger partial charge in [-0.3, -0.25) is 4.79 Å². The van der Waals surface area contributed by atoms with Crippen LogP contribution in [0.3, 0.4) is 0 Å². The first-order valence-electron chi connectivity index (χ1n) is 16.9. The number of carbonyl (C=O) groups excluding carboxylic acids is 2. The molecule has 2 aliphatic rings. The van der Waals surface area contributed by atoms with E-state index in [0.29, 0.717) is 18.8 Å². The largest absolute Gasteiger partial charge is 0.462 e. The van der Waals surface area contributed by atoms with E-state index >= 15 is 0 Å². The molecule has 1 aromatic carbocycles. The Morgan fingerprint density at radius 2 is 1.76 bits per heavy atom. The molecule has 1 heterocycles. The third-order valence-electron chi connectivity index (χ3n) is 8.69.